The molecule has 2 heterocycles. The Morgan fingerprint density at radius 3 is 2.30 bits per heavy atom. The molecule has 2 aliphatic heterocycles. The molecular formula is C33H29N3O4. The maximum atomic E-state index is 13.6. The Balaban J connectivity index is 0.994. The fourth-order valence-electron chi connectivity index (χ4n) is 8.59. The number of benzene rings is 2. The van der Waals surface area contributed by atoms with Crippen LogP contribution in [0.1, 0.15) is 51.6 Å². The van der Waals surface area contributed by atoms with Gasteiger partial charge in [-0.25, -0.2) is 0 Å². The molecule has 2 spiro atoms. The second-order valence-corrected chi connectivity index (χ2v) is 12.1. The molecule has 8 rings (SSSR count). The van der Waals surface area contributed by atoms with Gasteiger partial charge in [-0.3, -0.25) is 19.2 Å². The summed E-state index contributed by atoms with van der Waals surface area (Å²) in [4.78, 5) is 56.3. The Morgan fingerprint density at radius 2 is 1.57 bits per heavy atom. The summed E-state index contributed by atoms with van der Waals surface area (Å²) < 4.78 is 0. The Morgan fingerprint density at radius 1 is 0.950 bits per heavy atom. The molecule has 0 radical (unpaired) electrons. The van der Waals surface area contributed by atoms with Crippen LogP contribution in [0.25, 0.3) is 0 Å². The van der Waals surface area contributed by atoms with Crippen LogP contribution in [0.2, 0.25) is 0 Å². The van der Waals surface area contributed by atoms with Gasteiger partial charge in [0.15, 0.2) is 11.6 Å². The third-order valence-corrected chi connectivity index (χ3v) is 10.7. The minimum Gasteiger partial charge on any atom is -0.320 e. The molecule has 7 heteroatoms. The first-order valence-electron chi connectivity index (χ1n) is 14.0. The Hall–Kier alpha value is -4.10. The molecule has 2 amide bonds. The molecule has 4 fully saturated rings. The maximum absolute atomic E-state index is 13.6. The fourth-order valence-corrected chi connectivity index (χ4v) is 8.59. The third-order valence-electron chi connectivity index (χ3n) is 10.7. The molecule has 200 valence electrons. The van der Waals surface area contributed by atoms with E-state index in [1.165, 1.54) is 0 Å². The molecule has 7 nitrogen and oxygen atoms in total. The van der Waals surface area contributed by atoms with Crippen LogP contribution in [0.5, 0.6) is 0 Å². The van der Waals surface area contributed by atoms with Crippen LogP contribution in [0.3, 0.4) is 0 Å². The van der Waals surface area contributed by atoms with Crippen molar-refractivity contribution in [1.82, 2.24) is 9.80 Å². The van der Waals surface area contributed by atoms with Gasteiger partial charge in [-0.15, -0.1) is 0 Å². The van der Waals surface area contributed by atoms with Crippen molar-refractivity contribution in [3.05, 3.63) is 106 Å². The molecule has 6 atom stereocenters. The van der Waals surface area contributed by atoms with Gasteiger partial charge in [0.2, 0.25) is 11.8 Å². The SMILES string of the molecule is C=C1[C@@H]2CN(C(=O)CC[C@H](N)C(=O)N3C[C@H]4[C@@H](C)[C@@]45C3=CC(=O)c3ccccc35)C3=CC(=O)c4ccccc4[C@]132. The minimum atomic E-state index is -0.870. The number of nitrogens with zero attached hydrogens (tertiary/aromatic N) is 2. The summed E-state index contributed by atoms with van der Waals surface area (Å²) in [7, 11) is 0. The lowest BCUT2D eigenvalue weighted by Crippen LogP contribution is -2.45. The number of carbonyl (C=O) groups is 4. The number of likely N-dealkylation sites (tertiary alicyclic amines) is 2. The topological polar surface area (TPSA) is 101 Å². The van der Waals surface area contributed by atoms with Gasteiger partial charge in [-0.2, -0.15) is 0 Å². The highest BCUT2D eigenvalue weighted by Crippen LogP contribution is 2.71. The molecule has 40 heavy (non-hydrogen) atoms. The molecule has 2 N–H and O–H groups in total. The van der Waals surface area contributed by atoms with Gasteiger partial charge < -0.3 is 15.5 Å². The predicted molar refractivity (Wildman–Crippen MR) is 147 cm³/mol. The second-order valence-electron chi connectivity index (χ2n) is 12.1. The Labute approximate surface area is 232 Å². The Bertz CT molecular complexity index is 1690. The largest absolute Gasteiger partial charge is 0.320 e. The number of amides is 2. The van der Waals surface area contributed by atoms with E-state index in [2.05, 4.69) is 13.5 Å². The maximum Gasteiger partial charge on any atom is 0.243 e. The standard InChI is InChI=1S/C33H29N3O4/c1-17-23-15-35(28-13-26(37)19-7-3-5-9-21(19)32(17,23)28)30(39)12-11-25(34)31(40)36-16-24-18(2)33(24)22-10-6-4-8-20(22)27(38)14-29(33)36/h3-10,13-14,18,23-25H,1,11-12,15-16,34H2,2H3/t18-,23+,24+,25+,32+,33+/m1/s1. The monoisotopic (exact) mass is 531 g/mol. The molecule has 6 aliphatic rings. The van der Waals surface area contributed by atoms with Crippen LogP contribution in [0.4, 0.5) is 0 Å². The highest BCUT2D eigenvalue weighted by Gasteiger charge is 2.73. The molecule has 2 aromatic carbocycles. The lowest BCUT2D eigenvalue weighted by Gasteiger charge is -2.32. The van der Waals surface area contributed by atoms with E-state index >= 15 is 0 Å². The fraction of sp³-hybridized carbons (Fsp3) is 0.333. The van der Waals surface area contributed by atoms with Gasteiger partial charge in [-0.05, 0) is 29.4 Å². The number of carbonyl (C=O) groups excluding carboxylic acids is 4. The molecule has 4 aliphatic carbocycles. The number of hydrogen-bond donors (Lipinski definition) is 1. The number of allylic oxidation sites excluding steroid dienone is 4. The predicted octanol–water partition coefficient (Wildman–Crippen LogP) is 3.27. The van der Waals surface area contributed by atoms with Gasteiger partial charge in [-0.1, -0.05) is 67.6 Å². The van der Waals surface area contributed by atoms with E-state index in [4.69, 9.17) is 5.73 Å². The van der Waals surface area contributed by atoms with Crippen molar-refractivity contribution < 1.29 is 19.2 Å². The minimum absolute atomic E-state index is 0.0856. The van der Waals surface area contributed by atoms with Gasteiger partial charge in [0.25, 0.3) is 0 Å². The molecule has 0 unspecified atom stereocenters. The summed E-state index contributed by atoms with van der Waals surface area (Å²) in [6.07, 6.45) is 3.49. The van der Waals surface area contributed by atoms with Crippen LogP contribution in [0.15, 0.2) is 84.2 Å². The van der Waals surface area contributed by atoms with Gasteiger partial charge >= 0.3 is 0 Å². The van der Waals surface area contributed by atoms with E-state index in [1.54, 1.807) is 22.0 Å². The van der Waals surface area contributed by atoms with E-state index in [9.17, 15) is 19.2 Å². The second kappa shape index (κ2) is 7.55. The van der Waals surface area contributed by atoms with E-state index < -0.39 is 11.5 Å². The zero-order valence-electron chi connectivity index (χ0n) is 22.2. The van der Waals surface area contributed by atoms with Crippen molar-refractivity contribution >= 4 is 23.4 Å². The lowest BCUT2D eigenvalue weighted by molar-refractivity contribution is -0.131. The quantitative estimate of drug-likeness (QED) is 0.611. The van der Waals surface area contributed by atoms with Crippen molar-refractivity contribution in [2.45, 2.75) is 36.6 Å². The first-order chi connectivity index (χ1) is 19.2. The third kappa shape index (κ3) is 2.60. The number of fused-ring (bicyclic) bond motifs is 2. The van der Waals surface area contributed by atoms with Crippen LogP contribution in [-0.2, 0) is 20.4 Å². The van der Waals surface area contributed by atoms with E-state index in [-0.39, 0.29) is 53.5 Å². The zero-order chi connectivity index (χ0) is 27.7. The number of piperidine rings is 2. The van der Waals surface area contributed by atoms with Crippen molar-refractivity contribution in [2.24, 2.45) is 23.5 Å². The molecule has 2 saturated heterocycles. The molecule has 0 bridgehead atoms. The van der Waals surface area contributed by atoms with E-state index in [0.29, 0.717) is 35.8 Å². The summed E-state index contributed by atoms with van der Waals surface area (Å²) in [6.45, 7) is 7.45. The van der Waals surface area contributed by atoms with Crippen molar-refractivity contribution in [3.63, 3.8) is 0 Å². The normalized spacial score (nSPS) is 32.6. The van der Waals surface area contributed by atoms with Gasteiger partial charge in [0.05, 0.1) is 11.5 Å². The molecule has 2 saturated carbocycles. The molecule has 0 aromatic heterocycles. The summed E-state index contributed by atoms with van der Waals surface area (Å²) in [5, 5.41) is 0. The number of nitrogens with two attached hydrogens (primary N) is 1. The molecular weight excluding hydrogens is 502 g/mol. The number of ketones is 2. The molecule has 2 aromatic rings. The average Bonchev–Trinajstić information content (AvgIpc) is 3.56. The van der Waals surface area contributed by atoms with Crippen molar-refractivity contribution in [2.75, 3.05) is 13.1 Å². The van der Waals surface area contributed by atoms with Crippen molar-refractivity contribution in [3.8, 4) is 0 Å². The van der Waals surface area contributed by atoms with Gasteiger partial charge in [0.1, 0.15) is 0 Å². The van der Waals surface area contributed by atoms with E-state index in [1.807, 2.05) is 48.5 Å². The summed E-state index contributed by atoms with van der Waals surface area (Å²) in [6, 6.07) is 14.4. The summed E-state index contributed by atoms with van der Waals surface area (Å²) in [5.74, 6) is 0.114. The van der Waals surface area contributed by atoms with Crippen LogP contribution in [0, 0.1) is 17.8 Å². The first-order valence-corrected chi connectivity index (χ1v) is 14.0. The Kier molecular flexibility index (Phi) is 4.48. The van der Waals surface area contributed by atoms with E-state index in [0.717, 1.165) is 22.4 Å². The first kappa shape index (κ1) is 23.8. The van der Waals surface area contributed by atoms with Crippen LogP contribution < -0.4 is 5.73 Å². The van der Waals surface area contributed by atoms with Gasteiger partial charge in [0, 0.05) is 65.5 Å². The average molecular weight is 532 g/mol. The number of rotatable bonds is 4. The van der Waals surface area contributed by atoms with Crippen LogP contribution in [-0.4, -0.2) is 52.3 Å². The zero-order valence-corrected chi connectivity index (χ0v) is 22.2. The highest BCUT2D eigenvalue weighted by molar-refractivity contribution is 6.10. The summed E-state index contributed by atoms with van der Waals surface area (Å²) in [5.41, 5.74) is 11.5. The smallest absolute Gasteiger partial charge is 0.243 e. The lowest BCUT2D eigenvalue weighted by atomic mass is 9.80. The number of hydrogen-bond acceptors (Lipinski definition) is 5. The van der Waals surface area contributed by atoms with Crippen molar-refractivity contribution in [1.29, 1.82) is 0 Å². The summed E-state index contributed by atoms with van der Waals surface area (Å²) >= 11 is 0. The van der Waals surface area contributed by atoms with Crippen LogP contribution >= 0.6 is 0 Å². The highest BCUT2D eigenvalue weighted by atomic mass is 16.2.